The second kappa shape index (κ2) is 7.56. The van der Waals surface area contributed by atoms with Gasteiger partial charge in [0.1, 0.15) is 10.6 Å². The first-order valence-corrected chi connectivity index (χ1v) is 11.3. The SMILES string of the molecule is CCN(CC)S(=O)(=O)c1cc(C(=O)N2CC[C@]3(O)CCCC[C@H]3C2)n(C)c1. The molecule has 152 valence electrons. The van der Waals surface area contributed by atoms with Crippen LogP contribution < -0.4 is 0 Å². The molecule has 0 bridgehead atoms. The Bertz CT molecular complexity index is 800. The van der Waals surface area contributed by atoms with Gasteiger partial charge in [0.15, 0.2) is 0 Å². The van der Waals surface area contributed by atoms with Crippen molar-refractivity contribution in [1.82, 2.24) is 13.8 Å². The van der Waals surface area contributed by atoms with Gasteiger partial charge in [0.25, 0.3) is 5.91 Å². The third-order valence-electron chi connectivity index (χ3n) is 6.26. The highest BCUT2D eigenvalue weighted by Gasteiger charge is 2.44. The van der Waals surface area contributed by atoms with E-state index < -0.39 is 15.6 Å². The fourth-order valence-electron chi connectivity index (χ4n) is 4.52. The molecule has 0 radical (unpaired) electrons. The number of carbonyl (C=O) groups excluding carboxylic acids is 1. The number of aromatic nitrogens is 1. The minimum Gasteiger partial charge on any atom is -0.389 e. The Labute approximate surface area is 162 Å². The summed E-state index contributed by atoms with van der Waals surface area (Å²) in [5.41, 5.74) is -0.262. The quantitative estimate of drug-likeness (QED) is 0.822. The molecule has 7 nitrogen and oxygen atoms in total. The van der Waals surface area contributed by atoms with E-state index in [2.05, 4.69) is 0 Å². The molecule has 1 aromatic heterocycles. The molecule has 1 aliphatic carbocycles. The molecule has 1 amide bonds. The van der Waals surface area contributed by atoms with Crippen molar-refractivity contribution < 1.29 is 18.3 Å². The molecule has 3 rings (SSSR count). The van der Waals surface area contributed by atoms with Gasteiger partial charge in [-0.05, 0) is 25.3 Å². The fourth-order valence-corrected chi connectivity index (χ4v) is 6.05. The summed E-state index contributed by atoms with van der Waals surface area (Å²) in [7, 11) is -1.89. The zero-order valence-corrected chi connectivity index (χ0v) is 17.3. The van der Waals surface area contributed by atoms with Crippen molar-refractivity contribution in [2.24, 2.45) is 13.0 Å². The number of carbonyl (C=O) groups is 1. The molecular weight excluding hydrogens is 366 g/mol. The number of likely N-dealkylation sites (tertiary alicyclic amines) is 1. The lowest BCUT2D eigenvalue weighted by molar-refractivity contribution is -0.0887. The molecule has 8 heteroatoms. The summed E-state index contributed by atoms with van der Waals surface area (Å²) in [6, 6.07) is 1.48. The summed E-state index contributed by atoms with van der Waals surface area (Å²) in [6.07, 6.45) is 6.00. The highest BCUT2D eigenvalue weighted by molar-refractivity contribution is 7.89. The van der Waals surface area contributed by atoms with Crippen molar-refractivity contribution in [2.45, 2.75) is 56.4 Å². The van der Waals surface area contributed by atoms with E-state index >= 15 is 0 Å². The Hall–Kier alpha value is -1.38. The van der Waals surface area contributed by atoms with E-state index in [1.165, 1.54) is 16.6 Å². The average Bonchev–Trinajstić information content (AvgIpc) is 3.03. The molecule has 1 saturated carbocycles. The van der Waals surface area contributed by atoms with Gasteiger partial charge in [0.2, 0.25) is 10.0 Å². The first-order valence-electron chi connectivity index (χ1n) is 9.91. The van der Waals surface area contributed by atoms with Crippen LogP contribution in [0.25, 0.3) is 0 Å². The summed E-state index contributed by atoms with van der Waals surface area (Å²) >= 11 is 0. The third-order valence-corrected chi connectivity index (χ3v) is 8.27. The predicted molar refractivity (Wildman–Crippen MR) is 103 cm³/mol. The Kier molecular flexibility index (Phi) is 5.70. The van der Waals surface area contributed by atoms with E-state index in [0.29, 0.717) is 38.3 Å². The van der Waals surface area contributed by atoms with Crippen molar-refractivity contribution in [3.63, 3.8) is 0 Å². The Morgan fingerprint density at radius 1 is 1.30 bits per heavy atom. The first-order chi connectivity index (χ1) is 12.7. The number of sulfonamides is 1. The van der Waals surface area contributed by atoms with Gasteiger partial charge in [-0.15, -0.1) is 0 Å². The van der Waals surface area contributed by atoms with E-state index in [4.69, 9.17) is 0 Å². The largest absolute Gasteiger partial charge is 0.389 e. The summed E-state index contributed by atoms with van der Waals surface area (Å²) in [4.78, 5) is 15.0. The molecule has 0 spiro atoms. The number of hydrogen-bond acceptors (Lipinski definition) is 4. The molecule has 1 aliphatic heterocycles. The van der Waals surface area contributed by atoms with Gasteiger partial charge in [-0.3, -0.25) is 4.79 Å². The van der Waals surface area contributed by atoms with Crippen LogP contribution in [0.2, 0.25) is 0 Å². The average molecular weight is 398 g/mol. The van der Waals surface area contributed by atoms with Gasteiger partial charge in [-0.1, -0.05) is 26.7 Å². The summed E-state index contributed by atoms with van der Waals surface area (Å²) < 4.78 is 28.5. The van der Waals surface area contributed by atoms with Gasteiger partial charge >= 0.3 is 0 Å². The summed E-state index contributed by atoms with van der Waals surface area (Å²) in [5, 5.41) is 10.8. The summed E-state index contributed by atoms with van der Waals surface area (Å²) in [6.45, 7) is 5.44. The maximum Gasteiger partial charge on any atom is 0.270 e. The molecule has 1 N–H and O–H groups in total. The summed E-state index contributed by atoms with van der Waals surface area (Å²) in [5.74, 6) is -0.0470. The van der Waals surface area contributed by atoms with Crippen LogP contribution in [0.4, 0.5) is 0 Å². The molecule has 2 fully saturated rings. The van der Waals surface area contributed by atoms with Crippen molar-refractivity contribution >= 4 is 15.9 Å². The molecule has 27 heavy (non-hydrogen) atoms. The molecule has 2 aliphatic rings. The minimum atomic E-state index is -3.59. The number of amides is 1. The maximum atomic E-state index is 13.1. The van der Waals surface area contributed by atoms with Crippen molar-refractivity contribution in [1.29, 1.82) is 0 Å². The Morgan fingerprint density at radius 3 is 2.67 bits per heavy atom. The number of fused-ring (bicyclic) bond motifs is 1. The number of rotatable bonds is 5. The maximum absolute atomic E-state index is 13.1. The molecule has 1 saturated heterocycles. The predicted octanol–water partition coefficient (Wildman–Crippen LogP) is 1.82. The van der Waals surface area contributed by atoms with Gasteiger partial charge < -0.3 is 14.6 Å². The number of aryl methyl sites for hydroxylation is 1. The van der Waals surface area contributed by atoms with E-state index in [-0.39, 0.29) is 16.7 Å². The van der Waals surface area contributed by atoms with Crippen LogP contribution in [0.15, 0.2) is 17.2 Å². The van der Waals surface area contributed by atoms with Gasteiger partial charge in [-0.2, -0.15) is 4.31 Å². The van der Waals surface area contributed by atoms with E-state index in [9.17, 15) is 18.3 Å². The smallest absolute Gasteiger partial charge is 0.270 e. The number of aliphatic hydroxyl groups is 1. The Morgan fingerprint density at radius 2 is 2.00 bits per heavy atom. The molecule has 1 aromatic rings. The minimum absolute atomic E-state index is 0.114. The number of piperidine rings is 1. The second-order valence-electron chi connectivity index (χ2n) is 7.81. The van der Waals surface area contributed by atoms with Crippen LogP contribution in [-0.2, 0) is 17.1 Å². The van der Waals surface area contributed by atoms with Gasteiger partial charge in [-0.25, -0.2) is 8.42 Å². The van der Waals surface area contributed by atoms with E-state index in [0.717, 1.165) is 25.7 Å². The normalized spacial score (nSPS) is 26.3. The molecular formula is C19H31N3O4S. The van der Waals surface area contributed by atoms with Crippen LogP contribution in [0.3, 0.4) is 0 Å². The molecule has 2 heterocycles. The lowest BCUT2D eigenvalue weighted by atomic mass is 9.71. The number of nitrogens with zero attached hydrogens (tertiary/aromatic N) is 3. The van der Waals surface area contributed by atoms with Gasteiger partial charge in [0, 0.05) is 45.3 Å². The van der Waals surface area contributed by atoms with Crippen LogP contribution >= 0.6 is 0 Å². The second-order valence-corrected chi connectivity index (χ2v) is 9.75. The lowest BCUT2D eigenvalue weighted by Gasteiger charge is -2.47. The van der Waals surface area contributed by atoms with Gasteiger partial charge in [0.05, 0.1) is 5.60 Å². The van der Waals surface area contributed by atoms with Crippen LogP contribution in [0.1, 0.15) is 56.4 Å². The van der Waals surface area contributed by atoms with Crippen LogP contribution in [-0.4, -0.2) is 65.0 Å². The van der Waals surface area contributed by atoms with Crippen LogP contribution in [0.5, 0.6) is 0 Å². The zero-order valence-electron chi connectivity index (χ0n) is 16.5. The van der Waals surface area contributed by atoms with Crippen molar-refractivity contribution in [3.8, 4) is 0 Å². The highest BCUT2D eigenvalue weighted by Crippen LogP contribution is 2.40. The topological polar surface area (TPSA) is 82.8 Å². The van der Waals surface area contributed by atoms with E-state index in [1.807, 2.05) is 0 Å². The monoisotopic (exact) mass is 397 g/mol. The van der Waals surface area contributed by atoms with Crippen molar-refractivity contribution in [3.05, 3.63) is 18.0 Å². The molecule has 0 unspecified atom stereocenters. The van der Waals surface area contributed by atoms with Crippen LogP contribution in [0, 0.1) is 5.92 Å². The molecule has 2 atom stereocenters. The van der Waals surface area contributed by atoms with Crippen molar-refractivity contribution in [2.75, 3.05) is 26.2 Å². The highest BCUT2D eigenvalue weighted by atomic mass is 32.2. The fraction of sp³-hybridized carbons (Fsp3) is 0.737. The first kappa shape index (κ1) is 20.4. The zero-order chi connectivity index (χ0) is 19.8. The number of hydrogen-bond donors (Lipinski definition) is 1. The standard InChI is InChI=1S/C19H31N3O4S/c1-4-22(5-2)27(25,26)16-12-17(20(3)14-16)18(23)21-11-10-19(24)9-7-6-8-15(19)13-21/h12,14-15,24H,4-11,13H2,1-3H3/t15-,19+/m0/s1. The van der Waals surface area contributed by atoms with E-state index in [1.54, 1.807) is 30.4 Å². The third kappa shape index (κ3) is 3.67. The lowest BCUT2D eigenvalue weighted by Crippen LogP contribution is -2.54. The Balaban J connectivity index is 1.81. The molecule has 0 aromatic carbocycles.